The smallest absolute Gasteiger partial charge is 0.321 e. The van der Waals surface area contributed by atoms with Gasteiger partial charge in [0.2, 0.25) is 0 Å². The fraction of sp³-hybridized carbons (Fsp3) is 0.235. The maximum atomic E-state index is 12.4. The monoisotopic (exact) mass is 359 g/mol. The molecule has 0 spiro atoms. The number of aliphatic carboxylic acids is 1. The SMILES string of the molecule is O=C(O)C[C@@H](NC(=O)c1ccc(N2CCNC2=O)cc1)c1cccs1. The number of nitrogens with zero attached hydrogens (tertiary/aromatic N) is 1. The zero-order chi connectivity index (χ0) is 17.8. The highest BCUT2D eigenvalue weighted by Crippen LogP contribution is 2.23. The van der Waals surface area contributed by atoms with E-state index in [1.54, 1.807) is 35.2 Å². The summed E-state index contributed by atoms with van der Waals surface area (Å²) in [6.45, 7) is 1.18. The molecule has 2 heterocycles. The number of thiophene rings is 1. The molecule has 3 amide bonds. The normalized spacial score (nSPS) is 14.9. The van der Waals surface area contributed by atoms with Gasteiger partial charge < -0.3 is 15.7 Å². The molecule has 130 valence electrons. The minimum atomic E-state index is -0.978. The molecule has 25 heavy (non-hydrogen) atoms. The Labute approximate surface area is 148 Å². The third kappa shape index (κ3) is 3.97. The first-order chi connectivity index (χ1) is 12.0. The number of hydrogen-bond acceptors (Lipinski definition) is 4. The molecule has 8 heteroatoms. The third-order valence-electron chi connectivity index (χ3n) is 3.87. The minimum Gasteiger partial charge on any atom is -0.481 e. The highest BCUT2D eigenvalue weighted by Gasteiger charge is 2.22. The molecule has 3 rings (SSSR count). The summed E-state index contributed by atoms with van der Waals surface area (Å²) >= 11 is 1.40. The summed E-state index contributed by atoms with van der Waals surface area (Å²) in [6, 6.07) is 9.55. The van der Waals surface area contributed by atoms with Gasteiger partial charge in [0.25, 0.3) is 5.91 Å². The molecule has 3 N–H and O–H groups in total. The van der Waals surface area contributed by atoms with E-state index in [1.165, 1.54) is 11.3 Å². The maximum absolute atomic E-state index is 12.4. The Balaban J connectivity index is 1.71. The van der Waals surface area contributed by atoms with E-state index in [0.717, 1.165) is 4.88 Å². The largest absolute Gasteiger partial charge is 0.481 e. The van der Waals surface area contributed by atoms with E-state index in [0.29, 0.717) is 24.3 Å². The Hall–Kier alpha value is -2.87. The van der Waals surface area contributed by atoms with Gasteiger partial charge in [-0.2, -0.15) is 0 Å². The van der Waals surface area contributed by atoms with E-state index in [1.807, 2.05) is 11.4 Å². The van der Waals surface area contributed by atoms with Crippen LogP contribution in [0.15, 0.2) is 41.8 Å². The second-order valence-electron chi connectivity index (χ2n) is 5.57. The fourth-order valence-electron chi connectivity index (χ4n) is 2.64. The summed E-state index contributed by atoms with van der Waals surface area (Å²) in [5, 5.41) is 16.4. The van der Waals surface area contributed by atoms with Crippen molar-refractivity contribution in [1.29, 1.82) is 0 Å². The molecule has 0 radical (unpaired) electrons. The predicted octanol–water partition coefficient (Wildman–Crippen LogP) is 2.22. The summed E-state index contributed by atoms with van der Waals surface area (Å²) in [5.74, 6) is -1.33. The van der Waals surface area contributed by atoms with Gasteiger partial charge in [-0.3, -0.25) is 14.5 Å². The first kappa shape index (κ1) is 17.0. The minimum absolute atomic E-state index is 0.156. The van der Waals surface area contributed by atoms with Crippen molar-refractivity contribution in [3.63, 3.8) is 0 Å². The zero-order valence-corrected chi connectivity index (χ0v) is 14.1. The van der Waals surface area contributed by atoms with Crippen molar-refractivity contribution in [1.82, 2.24) is 10.6 Å². The van der Waals surface area contributed by atoms with E-state index in [4.69, 9.17) is 5.11 Å². The molecule has 1 saturated heterocycles. The summed E-state index contributed by atoms with van der Waals surface area (Å²) in [7, 11) is 0. The van der Waals surface area contributed by atoms with Crippen LogP contribution in [0.1, 0.15) is 27.7 Å². The molecule has 1 aromatic carbocycles. The molecule has 0 bridgehead atoms. The first-order valence-electron chi connectivity index (χ1n) is 7.76. The number of amides is 3. The van der Waals surface area contributed by atoms with Crippen LogP contribution in [0.25, 0.3) is 0 Å². The van der Waals surface area contributed by atoms with Gasteiger partial charge in [0.15, 0.2) is 0 Å². The average molecular weight is 359 g/mol. The number of anilines is 1. The van der Waals surface area contributed by atoms with Gasteiger partial charge in [-0.1, -0.05) is 6.07 Å². The number of urea groups is 1. The van der Waals surface area contributed by atoms with Gasteiger partial charge >= 0.3 is 12.0 Å². The van der Waals surface area contributed by atoms with Crippen molar-refractivity contribution in [2.45, 2.75) is 12.5 Å². The number of carbonyl (C=O) groups excluding carboxylic acids is 2. The lowest BCUT2D eigenvalue weighted by Gasteiger charge is -2.17. The van der Waals surface area contributed by atoms with Crippen LogP contribution in [0.3, 0.4) is 0 Å². The van der Waals surface area contributed by atoms with Gasteiger partial charge in [-0.15, -0.1) is 11.3 Å². The maximum Gasteiger partial charge on any atom is 0.321 e. The Kier molecular flexibility index (Phi) is 4.99. The molecule has 1 atom stereocenters. The molecular formula is C17H17N3O4S. The van der Waals surface area contributed by atoms with Crippen molar-refractivity contribution in [3.8, 4) is 0 Å². The lowest BCUT2D eigenvalue weighted by atomic mass is 10.1. The van der Waals surface area contributed by atoms with Crippen LogP contribution in [0.2, 0.25) is 0 Å². The third-order valence-corrected chi connectivity index (χ3v) is 4.85. The van der Waals surface area contributed by atoms with Crippen LogP contribution >= 0.6 is 11.3 Å². The van der Waals surface area contributed by atoms with E-state index >= 15 is 0 Å². The van der Waals surface area contributed by atoms with Crippen molar-refractivity contribution in [3.05, 3.63) is 52.2 Å². The Bertz CT molecular complexity index is 774. The number of carbonyl (C=O) groups is 3. The molecule has 0 unspecified atom stereocenters. The molecule has 0 aliphatic carbocycles. The zero-order valence-electron chi connectivity index (χ0n) is 13.3. The van der Waals surface area contributed by atoms with Crippen LogP contribution < -0.4 is 15.5 Å². The molecule has 7 nitrogen and oxygen atoms in total. The topological polar surface area (TPSA) is 98.7 Å². The number of carboxylic acids is 1. The van der Waals surface area contributed by atoms with E-state index < -0.39 is 12.0 Å². The standard InChI is InChI=1S/C17H17N3O4S/c21-15(22)10-13(14-2-1-9-25-14)19-16(23)11-3-5-12(6-4-11)20-8-7-18-17(20)24/h1-6,9,13H,7-8,10H2,(H,18,24)(H,19,23)(H,21,22)/t13-/m1/s1. The van der Waals surface area contributed by atoms with E-state index in [9.17, 15) is 14.4 Å². The number of benzene rings is 1. The Morgan fingerprint density at radius 2 is 2.04 bits per heavy atom. The summed E-state index contributed by atoms with van der Waals surface area (Å²) < 4.78 is 0. The quantitative estimate of drug-likeness (QED) is 0.736. The second kappa shape index (κ2) is 7.35. The van der Waals surface area contributed by atoms with Gasteiger partial charge in [0.05, 0.1) is 12.5 Å². The molecule has 1 aliphatic rings. The molecule has 0 saturated carbocycles. The van der Waals surface area contributed by atoms with Gasteiger partial charge in [-0.25, -0.2) is 4.79 Å². The van der Waals surface area contributed by atoms with Crippen LogP contribution in [0, 0.1) is 0 Å². The average Bonchev–Trinajstić information content (AvgIpc) is 3.25. The first-order valence-corrected chi connectivity index (χ1v) is 8.64. The highest BCUT2D eigenvalue weighted by molar-refractivity contribution is 7.10. The van der Waals surface area contributed by atoms with E-state index in [2.05, 4.69) is 10.6 Å². The van der Waals surface area contributed by atoms with Crippen molar-refractivity contribution in [2.75, 3.05) is 18.0 Å². The number of nitrogens with one attached hydrogen (secondary N) is 2. The summed E-state index contributed by atoms with van der Waals surface area (Å²) in [5.41, 5.74) is 1.13. The number of hydrogen-bond donors (Lipinski definition) is 3. The summed E-state index contributed by atoms with van der Waals surface area (Å²) in [4.78, 5) is 37.5. The molecule has 1 fully saturated rings. The van der Waals surface area contributed by atoms with E-state index in [-0.39, 0.29) is 18.4 Å². The molecule has 1 aliphatic heterocycles. The molecule has 2 aromatic rings. The van der Waals surface area contributed by atoms with Crippen LogP contribution in [-0.2, 0) is 4.79 Å². The molecule has 1 aromatic heterocycles. The Morgan fingerprint density at radius 1 is 1.28 bits per heavy atom. The summed E-state index contributed by atoms with van der Waals surface area (Å²) in [6.07, 6.45) is -0.182. The lowest BCUT2D eigenvalue weighted by Crippen LogP contribution is -2.30. The number of rotatable bonds is 6. The van der Waals surface area contributed by atoms with Crippen molar-refractivity contribution >= 4 is 34.9 Å². The highest BCUT2D eigenvalue weighted by atomic mass is 32.1. The Morgan fingerprint density at radius 3 is 2.60 bits per heavy atom. The van der Waals surface area contributed by atoms with Gasteiger partial charge in [-0.05, 0) is 35.7 Å². The lowest BCUT2D eigenvalue weighted by molar-refractivity contribution is -0.137. The second-order valence-corrected chi connectivity index (χ2v) is 6.55. The van der Waals surface area contributed by atoms with Crippen LogP contribution in [0.5, 0.6) is 0 Å². The van der Waals surface area contributed by atoms with Crippen LogP contribution in [0.4, 0.5) is 10.5 Å². The predicted molar refractivity (Wildman–Crippen MR) is 94.0 cm³/mol. The van der Waals surface area contributed by atoms with Crippen molar-refractivity contribution < 1.29 is 19.5 Å². The fourth-order valence-corrected chi connectivity index (χ4v) is 3.42. The molecular weight excluding hydrogens is 342 g/mol. The van der Waals surface area contributed by atoms with Crippen LogP contribution in [-0.4, -0.2) is 36.1 Å². The number of carboxylic acid groups (broad SMARTS) is 1. The van der Waals surface area contributed by atoms with Crippen molar-refractivity contribution in [2.24, 2.45) is 0 Å². The van der Waals surface area contributed by atoms with Gasteiger partial charge in [0.1, 0.15) is 0 Å². The van der Waals surface area contributed by atoms with Gasteiger partial charge in [0, 0.05) is 29.2 Å².